The van der Waals surface area contributed by atoms with Crippen LogP contribution in [-0.4, -0.2) is 52.8 Å². The van der Waals surface area contributed by atoms with Gasteiger partial charge in [0.1, 0.15) is 23.9 Å². The Labute approximate surface area is 258 Å². The van der Waals surface area contributed by atoms with E-state index in [1.54, 1.807) is 0 Å². The number of aryl methyl sites for hydroxylation is 1. The summed E-state index contributed by atoms with van der Waals surface area (Å²) in [5.74, 6) is 2.13. The minimum Gasteiger partial charge on any atom is -0.398 e. The number of alkyl halides is 1. The van der Waals surface area contributed by atoms with Crippen LogP contribution >= 0.6 is 0 Å². The summed E-state index contributed by atoms with van der Waals surface area (Å²) in [7, 11) is 0. The van der Waals surface area contributed by atoms with Crippen molar-refractivity contribution in [2.45, 2.75) is 129 Å². The van der Waals surface area contributed by atoms with Gasteiger partial charge in [0.15, 0.2) is 0 Å². The number of anilines is 2. The van der Waals surface area contributed by atoms with Crippen LogP contribution in [0, 0.1) is 11.3 Å². The maximum atomic E-state index is 14.5. The Morgan fingerprint density at radius 1 is 1.21 bits per heavy atom. The predicted molar refractivity (Wildman–Crippen MR) is 171 cm³/mol. The van der Waals surface area contributed by atoms with Gasteiger partial charge in [0, 0.05) is 54.8 Å². The maximum absolute atomic E-state index is 14.5. The van der Waals surface area contributed by atoms with Crippen molar-refractivity contribution in [3.8, 4) is 6.07 Å². The predicted octanol–water partition coefficient (Wildman–Crippen LogP) is 7.17. The Kier molecular flexibility index (Phi) is 10.2. The molecule has 0 aliphatic carbocycles. The Balaban J connectivity index is 1.52. The van der Waals surface area contributed by atoms with Gasteiger partial charge < -0.3 is 15.4 Å². The van der Waals surface area contributed by atoms with Gasteiger partial charge >= 0.3 is 0 Å². The number of unbranched alkanes of at least 4 members (excludes halogenated alkanes) is 2. The molecule has 1 aromatic carbocycles. The van der Waals surface area contributed by atoms with Gasteiger partial charge in [-0.15, -0.1) is 0 Å². The summed E-state index contributed by atoms with van der Waals surface area (Å²) in [6.45, 7) is 12.7. The Morgan fingerprint density at radius 2 is 2.05 bits per heavy atom. The lowest BCUT2D eigenvalue weighted by Crippen LogP contribution is -2.38. The first-order valence-electron chi connectivity index (χ1n) is 16.8. The lowest BCUT2D eigenvalue weighted by Gasteiger charge is -2.34. The fourth-order valence-corrected chi connectivity index (χ4v) is 7.74. The van der Waals surface area contributed by atoms with Crippen molar-refractivity contribution in [3.05, 3.63) is 45.9 Å². The number of hydrogen-bond acceptors (Lipinski definition) is 7. The molecule has 4 atom stereocenters. The van der Waals surface area contributed by atoms with Crippen LogP contribution in [0.4, 0.5) is 15.9 Å². The zero-order chi connectivity index (χ0) is 30.6. The molecule has 0 bridgehead atoms. The highest BCUT2D eigenvalue weighted by molar-refractivity contribution is 5.62. The molecule has 8 heteroatoms. The van der Waals surface area contributed by atoms with E-state index in [2.05, 4.69) is 49.6 Å². The fourth-order valence-electron chi connectivity index (χ4n) is 7.74. The quantitative estimate of drug-likeness (QED) is 0.195. The van der Waals surface area contributed by atoms with Crippen LogP contribution in [0.5, 0.6) is 0 Å². The number of hydrogen-bond donors (Lipinski definition) is 1. The van der Waals surface area contributed by atoms with Crippen molar-refractivity contribution >= 4 is 11.5 Å². The van der Waals surface area contributed by atoms with Gasteiger partial charge in [-0.05, 0) is 69.0 Å². The Morgan fingerprint density at radius 3 is 2.79 bits per heavy atom. The molecular formula is C35H51FN6O. The number of rotatable bonds is 13. The molecule has 5 rings (SSSR count). The smallest absolute Gasteiger partial charge is 0.138 e. The highest BCUT2D eigenvalue weighted by Gasteiger charge is 2.48. The number of nitrogen functional groups attached to an aromatic ring is 1. The molecule has 2 saturated heterocycles. The van der Waals surface area contributed by atoms with Crippen LogP contribution in [0.3, 0.4) is 0 Å². The van der Waals surface area contributed by atoms with Crippen LogP contribution in [-0.2, 0) is 24.2 Å². The number of nitrogens with zero attached hydrogens (tertiary/aromatic N) is 5. The van der Waals surface area contributed by atoms with Gasteiger partial charge in [0.2, 0.25) is 0 Å². The molecule has 0 spiro atoms. The van der Waals surface area contributed by atoms with Crippen LogP contribution < -0.4 is 10.6 Å². The SMILES string of the molecule is CCCCCN(CCC)c1nc(CC[C@@]23CCCN2CC(F)C3)nc2c1COC(c1c([C@@H](C)CC)ccc(N)c1C#N)C2. The van der Waals surface area contributed by atoms with Crippen LogP contribution in [0.15, 0.2) is 12.1 Å². The number of ether oxygens (including phenoxy) is 1. The molecule has 0 saturated carbocycles. The van der Waals surface area contributed by atoms with Gasteiger partial charge in [0.05, 0.1) is 24.0 Å². The summed E-state index contributed by atoms with van der Waals surface area (Å²) in [4.78, 5) is 15.3. The highest BCUT2D eigenvalue weighted by Crippen LogP contribution is 2.44. The van der Waals surface area contributed by atoms with E-state index in [1.807, 2.05) is 6.07 Å². The molecule has 3 aliphatic heterocycles. The minimum atomic E-state index is -0.732. The molecule has 3 aliphatic rings. The molecule has 2 N–H and O–H groups in total. The largest absolute Gasteiger partial charge is 0.398 e. The third-order valence-electron chi connectivity index (χ3n) is 10.2. The molecule has 2 fully saturated rings. The third-order valence-corrected chi connectivity index (χ3v) is 10.2. The number of nitriles is 1. The van der Waals surface area contributed by atoms with Gasteiger partial charge in [-0.1, -0.05) is 46.6 Å². The lowest BCUT2D eigenvalue weighted by atomic mass is 9.85. The normalized spacial score (nSPS) is 24.0. The van der Waals surface area contributed by atoms with E-state index in [4.69, 9.17) is 20.4 Å². The van der Waals surface area contributed by atoms with Gasteiger partial charge in [0.25, 0.3) is 0 Å². The minimum absolute atomic E-state index is 0.0524. The number of nitrogens with two attached hydrogens (primary N) is 1. The Bertz CT molecular complexity index is 1310. The number of aromatic nitrogens is 2. The molecule has 43 heavy (non-hydrogen) atoms. The summed E-state index contributed by atoms with van der Waals surface area (Å²) in [6, 6.07) is 6.31. The second kappa shape index (κ2) is 13.9. The molecule has 0 amide bonds. The first kappa shape index (κ1) is 31.7. The van der Waals surface area contributed by atoms with E-state index < -0.39 is 6.17 Å². The molecular weight excluding hydrogens is 539 g/mol. The average molecular weight is 591 g/mol. The molecule has 234 valence electrons. The highest BCUT2D eigenvalue weighted by atomic mass is 19.1. The average Bonchev–Trinajstić information content (AvgIpc) is 3.54. The van der Waals surface area contributed by atoms with Crippen molar-refractivity contribution < 1.29 is 9.13 Å². The van der Waals surface area contributed by atoms with E-state index >= 15 is 0 Å². The van der Waals surface area contributed by atoms with Crippen LogP contribution in [0.25, 0.3) is 0 Å². The maximum Gasteiger partial charge on any atom is 0.138 e. The van der Waals surface area contributed by atoms with E-state index in [1.165, 1.54) is 12.8 Å². The second-order valence-electron chi connectivity index (χ2n) is 13.1. The fraction of sp³-hybridized carbons (Fsp3) is 0.686. The van der Waals surface area contributed by atoms with Crippen LogP contribution in [0.2, 0.25) is 0 Å². The van der Waals surface area contributed by atoms with Crippen molar-refractivity contribution in [3.63, 3.8) is 0 Å². The summed E-state index contributed by atoms with van der Waals surface area (Å²) in [5.41, 5.74) is 11.4. The number of halogens is 1. The lowest BCUT2D eigenvalue weighted by molar-refractivity contribution is 0.0250. The zero-order valence-electron chi connectivity index (χ0n) is 26.8. The first-order valence-corrected chi connectivity index (χ1v) is 16.8. The van der Waals surface area contributed by atoms with E-state index in [-0.39, 0.29) is 17.6 Å². The standard InChI is InChI=1S/C35H51FN6O/c1-5-8-9-17-41(16-6-2)34-28-23-43-31(33-26(24(4)7-3)11-12-29(38)27(33)21-37)19-30(28)39-32(40-34)13-15-35-14-10-18-42(35)22-25(36)20-35/h11-12,24-25,31H,5-10,13-20,22-23,38H2,1-4H3/t24-,25?,31?,35+/m0/s1. The summed E-state index contributed by atoms with van der Waals surface area (Å²) in [5, 5.41) is 10.1. The first-order chi connectivity index (χ1) is 20.8. The van der Waals surface area contributed by atoms with E-state index in [0.717, 1.165) is 98.6 Å². The molecule has 2 aromatic rings. The van der Waals surface area contributed by atoms with E-state index in [0.29, 0.717) is 37.2 Å². The second-order valence-corrected chi connectivity index (χ2v) is 13.1. The number of benzene rings is 1. The number of fused-ring (bicyclic) bond motifs is 2. The summed E-state index contributed by atoms with van der Waals surface area (Å²) >= 11 is 0. The van der Waals surface area contributed by atoms with Crippen molar-refractivity contribution in [1.82, 2.24) is 14.9 Å². The van der Waals surface area contributed by atoms with Crippen LogP contribution in [0.1, 0.15) is 131 Å². The van der Waals surface area contributed by atoms with Crippen molar-refractivity contribution in [2.24, 2.45) is 0 Å². The molecule has 4 heterocycles. The molecule has 2 unspecified atom stereocenters. The van der Waals surface area contributed by atoms with Gasteiger partial charge in [-0.25, -0.2) is 14.4 Å². The molecule has 1 aromatic heterocycles. The monoisotopic (exact) mass is 590 g/mol. The third kappa shape index (κ3) is 6.54. The van der Waals surface area contributed by atoms with Gasteiger partial charge in [-0.3, -0.25) is 4.90 Å². The van der Waals surface area contributed by atoms with Crippen molar-refractivity contribution in [1.29, 1.82) is 5.26 Å². The van der Waals surface area contributed by atoms with Gasteiger partial charge in [-0.2, -0.15) is 5.26 Å². The Hall–Kier alpha value is -2.76. The summed E-state index contributed by atoms with van der Waals surface area (Å²) in [6.07, 6.45) is 9.49. The topological polar surface area (TPSA) is 91.3 Å². The van der Waals surface area contributed by atoms with Crippen molar-refractivity contribution in [2.75, 3.05) is 36.8 Å². The molecule has 0 radical (unpaired) electrons. The summed E-state index contributed by atoms with van der Waals surface area (Å²) < 4.78 is 21.1. The van der Waals surface area contributed by atoms with E-state index in [9.17, 15) is 9.65 Å². The molecule has 7 nitrogen and oxygen atoms in total. The zero-order valence-corrected chi connectivity index (χ0v) is 26.8.